The quantitative estimate of drug-likeness (QED) is 0.345. The van der Waals surface area contributed by atoms with Crippen molar-refractivity contribution in [1.82, 2.24) is 20.9 Å². The van der Waals surface area contributed by atoms with Crippen LogP contribution in [0.2, 0.25) is 0 Å². The second-order valence-electron chi connectivity index (χ2n) is 6.66. The van der Waals surface area contributed by atoms with E-state index in [0.717, 1.165) is 36.7 Å². The van der Waals surface area contributed by atoms with Crippen LogP contribution in [0.15, 0.2) is 11.2 Å². The van der Waals surface area contributed by atoms with Crippen molar-refractivity contribution < 1.29 is 4.79 Å². The summed E-state index contributed by atoms with van der Waals surface area (Å²) in [5.41, 5.74) is 0. The van der Waals surface area contributed by atoms with Crippen molar-refractivity contribution in [2.45, 2.75) is 65.1 Å². The average Bonchev–Trinajstić information content (AvgIpc) is 2.96. The van der Waals surface area contributed by atoms with Gasteiger partial charge in [0.25, 0.3) is 0 Å². The van der Waals surface area contributed by atoms with Crippen molar-refractivity contribution in [3.63, 3.8) is 0 Å². The zero-order chi connectivity index (χ0) is 17.5. The molecule has 0 aliphatic heterocycles. The number of nitrogens with zero attached hydrogens (tertiary/aromatic N) is 2. The van der Waals surface area contributed by atoms with Gasteiger partial charge < -0.3 is 16.0 Å². The lowest BCUT2D eigenvalue weighted by atomic mass is 9.85. The third-order valence-electron chi connectivity index (χ3n) is 4.12. The number of guanidine groups is 1. The van der Waals surface area contributed by atoms with Crippen LogP contribution in [0.25, 0.3) is 0 Å². The van der Waals surface area contributed by atoms with E-state index in [1.54, 1.807) is 18.4 Å². The van der Waals surface area contributed by atoms with E-state index >= 15 is 0 Å². The van der Waals surface area contributed by atoms with Crippen LogP contribution in [0.5, 0.6) is 0 Å². The number of nitrogens with one attached hydrogen (secondary N) is 3. The number of hydrogen-bond acceptors (Lipinski definition) is 4. The largest absolute Gasteiger partial charge is 0.354 e. The minimum absolute atomic E-state index is 0. The number of amides is 1. The molecule has 3 N–H and O–H groups in total. The fourth-order valence-electron chi connectivity index (χ4n) is 2.99. The Morgan fingerprint density at radius 2 is 2.20 bits per heavy atom. The van der Waals surface area contributed by atoms with E-state index in [9.17, 15) is 4.79 Å². The summed E-state index contributed by atoms with van der Waals surface area (Å²) in [6, 6.07) is 0.480. The Kier molecular flexibility index (Phi) is 9.70. The van der Waals surface area contributed by atoms with Gasteiger partial charge in [0, 0.05) is 36.1 Å². The Balaban J connectivity index is 0.00000312. The van der Waals surface area contributed by atoms with Crippen LogP contribution in [-0.4, -0.2) is 36.0 Å². The first-order valence-corrected chi connectivity index (χ1v) is 9.48. The van der Waals surface area contributed by atoms with Gasteiger partial charge in [-0.25, -0.2) is 4.98 Å². The number of rotatable bonds is 5. The van der Waals surface area contributed by atoms with Crippen LogP contribution in [0.4, 0.5) is 0 Å². The highest BCUT2D eigenvalue weighted by Crippen LogP contribution is 2.24. The predicted molar refractivity (Wildman–Crippen MR) is 115 cm³/mol. The molecule has 2 atom stereocenters. The molecular formula is C17H30IN5OS. The van der Waals surface area contributed by atoms with Crippen LogP contribution < -0.4 is 16.0 Å². The average molecular weight is 479 g/mol. The first-order chi connectivity index (χ1) is 11.5. The molecule has 0 spiro atoms. The number of aromatic nitrogens is 1. The van der Waals surface area contributed by atoms with E-state index < -0.39 is 0 Å². The molecule has 1 aliphatic rings. The highest BCUT2D eigenvalue weighted by Gasteiger charge is 2.27. The number of carbonyl (C=O) groups excluding carboxylic acids is 1. The highest BCUT2D eigenvalue weighted by atomic mass is 127. The third-order valence-corrected chi connectivity index (χ3v) is 5.03. The number of hydrogen-bond donors (Lipinski definition) is 3. The maximum absolute atomic E-state index is 12.2. The Hall–Kier alpha value is -0.900. The van der Waals surface area contributed by atoms with Crippen molar-refractivity contribution in [2.75, 3.05) is 7.05 Å². The summed E-state index contributed by atoms with van der Waals surface area (Å²) in [6.07, 6.45) is 5.85. The van der Waals surface area contributed by atoms with Gasteiger partial charge in [0.05, 0.1) is 6.54 Å². The topological polar surface area (TPSA) is 78.4 Å². The summed E-state index contributed by atoms with van der Waals surface area (Å²) in [7, 11) is 1.77. The molecule has 25 heavy (non-hydrogen) atoms. The monoisotopic (exact) mass is 479 g/mol. The van der Waals surface area contributed by atoms with Gasteiger partial charge in [-0.3, -0.25) is 9.79 Å². The summed E-state index contributed by atoms with van der Waals surface area (Å²) < 4.78 is 0. The smallest absolute Gasteiger partial charge is 0.223 e. The van der Waals surface area contributed by atoms with Gasteiger partial charge >= 0.3 is 0 Å². The van der Waals surface area contributed by atoms with E-state index in [0.29, 0.717) is 6.54 Å². The molecule has 0 bridgehead atoms. The summed E-state index contributed by atoms with van der Waals surface area (Å²) >= 11 is 1.69. The van der Waals surface area contributed by atoms with Gasteiger partial charge in [0.1, 0.15) is 5.01 Å². The molecular weight excluding hydrogens is 449 g/mol. The number of carbonyl (C=O) groups is 1. The summed E-state index contributed by atoms with van der Waals surface area (Å²) in [6.45, 7) is 6.73. The van der Waals surface area contributed by atoms with Gasteiger partial charge in [-0.15, -0.1) is 35.3 Å². The van der Waals surface area contributed by atoms with Gasteiger partial charge in [-0.2, -0.15) is 0 Å². The second kappa shape index (κ2) is 10.9. The lowest BCUT2D eigenvalue weighted by Crippen LogP contribution is -2.47. The minimum atomic E-state index is 0. The van der Waals surface area contributed by atoms with E-state index in [1.807, 2.05) is 20.0 Å². The Morgan fingerprint density at radius 3 is 2.80 bits per heavy atom. The van der Waals surface area contributed by atoms with Crippen molar-refractivity contribution >= 4 is 47.2 Å². The molecule has 0 radical (unpaired) electrons. The number of halogens is 1. The van der Waals surface area contributed by atoms with Gasteiger partial charge in [-0.1, -0.05) is 6.42 Å². The molecule has 2 unspecified atom stereocenters. The van der Waals surface area contributed by atoms with Crippen LogP contribution in [0.3, 0.4) is 0 Å². The summed E-state index contributed by atoms with van der Waals surface area (Å²) in [5, 5.41) is 10.8. The Labute approximate surface area is 171 Å². The van der Waals surface area contributed by atoms with Crippen molar-refractivity contribution in [1.29, 1.82) is 0 Å². The SMILES string of the molecule is CN=C(NCc1ncc(C)s1)NC1CCCC(C(=O)NC(C)C)C1.I. The minimum Gasteiger partial charge on any atom is -0.354 e. The maximum Gasteiger partial charge on any atom is 0.223 e. The van der Waals surface area contributed by atoms with Crippen LogP contribution in [-0.2, 0) is 11.3 Å². The summed E-state index contributed by atoms with van der Waals surface area (Å²) in [4.78, 5) is 22.1. The predicted octanol–water partition coefficient (Wildman–Crippen LogP) is 2.82. The number of aliphatic imine (C=N–C) groups is 1. The number of aryl methyl sites for hydroxylation is 1. The lowest BCUT2D eigenvalue weighted by molar-refractivity contribution is -0.126. The Bertz CT molecular complexity index is 575. The zero-order valence-corrected chi connectivity index (χ0v) is 18.6. The standard InChI is InChI=1S/C17H29N5OS.HI/c1-11(2)21-16(23)13-6-5-7-14(8-13)22-17(18-4)20-10-15-19-9-12(3)24-15;/h9,11,13-14H,5-8,10H2,1-4H3,(H,21,23)(H2,18,20,22);1H. The van der Waals surface area contributed by atoms with Crippen molar-refractivity contribution in [3.8, 4) is 0 Å². The van der Waals surface area contributed by atoms with Crippen LogP contribution >= 0.6 is 35.3 Å². The third kappa shape index (κ3) is 7.47. The van der Waals surface area contributed by atoms with Crippen molar-refractivity contribution in [3.05, 3.63) is 16.1 Å². The molecule has 1 aliphatic carbocycles. The zero-order valence-electron chi connectivity index (χ0n) is 15.5. The van der Waals surface area contributed by atoms with Gasteiger partial charge in [0.15, 0.2) is 5.96 Å². The molecule has 1 aromatic heterocycles. The molecule has 1 fully saturated rings. The van der Waals surface area contributed by atoms with Crippen LogP contribution in [0, 0.1) is 12.8 Å². The fourth-order valence-corrected chi connectivity index (χ4v) is 3.72. The molecule has 0 aromatic carbocycles. The van der Waals surface area contributed by atoms with Gasteiger partial charge in [0.2, 0.25) is 5.91 Å². The molecule has 1 aromatic rings. The molecule has 1 amide bonds. The van der Waals surface area contributed by atoms with E-state index in [2.05, 4.69) is 32.9 Å². The van der Waals surface area contributed by atoms with E-state index in [1.165, 1.54) is 4.88 Å². The van der Waals surface area contributed by atoms with E-state index in [-0.39, 0.29) is 47.9 Å². The molecule has 1 heterocycles. The molecule has 142 valence electrons. The number of thiazole rings is 1. The van der Waals surface area contributed by atoms with Crippen LogP contribution in [0.1, 0.15) is 49.4 Å². The molecule has 1 saturated carbocycles. The lowest BCUT2D eigenvalue weighted by Gasteiger charge is -2.30. The van der Waals surface area contributed by atoms with Crippen molar-refractivity contribution in [2.24, 2.45) is 10.9 Å². The van der Waals surface area contributed by atoms with E-state index in [4.69, 9.17) is 0 Å². The molecule has 0 saturated heterocycles. The second-order valence-corrected chi connectivity index (χ2v) is 7.98. The summed E-state index contributed by atoms with van der Waals surface area (Å²) in [5.74, 6) is 1.05. The van der Waals surface area contributed by atoms with Gasteiger partial charge in [-0.05, 0) is 40.0 Å². The molecule has 8 heteroatoms. The maximum atomic E-state index is 12.2. The first kappa shape index (κ1) is 22.1. The Morgan fingerprint density at radius 1 is 1.44 bits per heavy atom. The molecule has 2 rings (SSSR count). The normalized spacial score (nSPS) is 20.8. The first-order valence-electron chi connectivity index (χ1n) is 8.66. The highest BCUT2D eigenvalue weighted by molar-refractivity contribution is 14.0. The molecule has 6 nitrogen and oxygen atoms in total. The fraction of sp³-hybridized carbons (Fsp3) is 0.706.